The summed E-state index contributed by atoms with van der Waals surface area (Å²) in [6.45, 7) is 5.82. The monoisotopic (exact) mass is 501 g/mol. The molecule has 0 amide bonds. The van der Waals surface area contributed by atoms with Crippen LogP contribution >= 0.6 is 0 Å². The summed E-state index contributed by atoms with van der Waals surface area (Å²) in [4.78, 5) is 19.4. The summed E-state index contributed by atoms with van der Waals surface area (Å²) in [5.41, 5.74) is 8.63. The van der Waals surface area contributed by atoms with Crippen LogP contribution in [-0.4, -0.2) is 48.2 Å². The fraction of sp³-hybridized carbons (Fsp3) is 0.458. The molecule has 10 nitrogen and oxygen atoms in total. The Balaban J connectivity index is 1.73. The van der Waals surface area contributed by atoms with E-state index >= 15 is 0 Å². The average Bonchev–Trinajstić information content (AvgIpc) is 3.12. The lowest BCUT2D eigenvalue weighted by atomic mass is 9.92. The molecule has 2 heterocycles. The highest BCUT2D eigenvalue weighted by Gasteiger charge is 2.28. The zero-order valence-corrected chi connectivity index (χ0v) is 21.1. The number of aromatic nitrogens is 3. The Morgan fingerprint density at radius 1 is 1.14 bits per heavy atom. The fourth-order valence-electron chi connectivity index (χ4n) is 4.59. The summed E-state index contributed by atoms with van der Waals surface area (Å²) in [5, 5.41) is 0. The molecule has 2 aromatic heterocycles. The molecule has 0 atom stereocenters. The smallest absolute Gasteiger partial charge is 0.293 e. The number of ether oxygens (including phenoxy) is 2. The van der Waals surface area contributed by atoms with Crippen molar-refractivity contribution in [2.24, 2.45) is 0 Å². The first-order chi connectivity index (χ1) is 16.5. The molecular formula is C24H31N5O5S. The zero-order valence-electron chi connectivity index (χ0n) is 20.3. The molecular weight excluding hydrogens is 470 g/mol. The third-order valence-corrected chi connectivity index (χ3v) is 7.80. The second-order valence-corrected chi connectivity index (χ2v) is 11.4. The van der Waals surface area contributed by atoms with Crippen LogP contribution in [0.1, 0.15) is 52.5 Å². The van der Waals surface area contributed by atoms with E-state index < -0.39 is 15.6 Å². The standard InChI is InChI=1S/C24H31N5O5S/c1-24(2,3)28-35(31,32)21-12-16(13-26-22(21)33-4)15-5-10-19-20(11-15)29(23(25)27-19)17-6-8-18(9-7-17)34-14-30/h5,10-14,17-18,28H,6-9H2,1-4H3,(H2,25,27). The molecule has 1 aromatic carbocycles. The molecule has 11 heteroatoms. The molecule has 1 fully saturated rings. The Morgan fingerprint density at radius 2 is 1.86 bits per heavy atom. The van der Waals surface area contributed by atoms with Crippen molar-refractivity contribution >= 4 is 33.5 Å². The van der Waals surface area contributed by atoms with E-state index in [0.717, 1.165) is 42.3 Å². The number of fused-ring (bicyclic) bond motifs is 1. The minimum atomic E-state index is -3.88. The summed E-state index contributed by atoms with van der Waals surface area (Å²) in [5.74, 6) is 0.442. The Kier molecular flexibility index (Phi) is 6.74. The minimum Gasteiger partial charge on any atom is -0.480 e. The van der Waals surface area contributed by atoms with Gasteiger partial charge in [0.25, 0.3) is 6.47 Å². The van der Waals surface area contributed by atoms with E-state index in [2.05, 4.69) is 14.7 Å². The number of anilines is 1. The highest BCUT2D eigenvalue weighted by Crippen LogP contribution is 2.36. The van der Waals surface area contributed by atoms with Gasteiger partial charge in [-0.05, 0) is 70.2 Å². The summed E-state index contributed by atoms with van der Waals surface area (Å²) >= 11 is 0. The van der Waals surface area contributed by atoms with Gasteiger partial charge in [0.1, 0.15) is 11.0 Å². The van der Waals surface area contributed by atoms with Crippen molar-refractivity contribution in [1.29, 1.82) is 0 Å². The first kappa shape index (κ1) is 24.9. The lowest BCUT2D eigenvalue weighted by Gasteiger charge is -2.29. The van der Waals surface area contributed by atoms with Crippen LogP contribution in [-0.2, 0) is 19.6 Å². The largest absolute Gasteiger partial charge is 0.480 e. The lowest BCUT2D eigenvalue weighted by molar-refractivity contribution is -0.135. The molecule has 0 aliphatic heterocycles. The molecule has 1 aliphatic carbocycles. The number of imidazole rings is 1. The highest BCUT2D eigenvalue weighted by molar-refractivity contribution is 7.89. The third-order valence-electron chi connectivity index (χ3n) is 6.05. The van der Waals surface area contributed by atoms with E-state index in [0.29, 0.717) is 18.0 Å². The van der Waals surface area contributed by atoms with Gasteiger partial charge in [0, 0.05) is 23.3 Å². The maximum atomic E-state index is 13.1. The zero-order chi connectivity index (χ0) is 25.4. The normalized spacial score (nSPS) is 19.0. The Morgan fingerprint density at radius 3 is 2.49 bits per heavy atom. The SMILES string of the molecule is COc1ncc(-c2ccc3nc(N)n(C4CCC(OC=O)CC4)c3c2)cc1S(=O)(=O)NC(C)(C)C. The number of methoxy groups -OCH3 is 1. The highest BCUT2D eigenvalue weighted by atomic mass is 32.2. The van der Waals surface area contributed by atoms with E-state index in [9.17, 15) is 13.2 Å². The number of benzene rings is 1. The first-order valence-corrected chi connectivity index (χ1v) is 13.0. The first-order valence-electron chi connectivity index (χ1n) is 11.5. The Hall–Kier alpha value is -3.18. The predicted molar refractivity (Wildman–Crippen MR) is 132 cm³/mol. The molecule has 0 unspecified atom stereocenters. The average molecular weight is 502 g/mol. The number of nitrogens with one attached hydrogen (secondary N) is 1. The number of pyridine rings is 1. The van der Waals surface area contributed by atoms with Gasteiger partial charge in [-0.3, -0.25) is 4.79 Å². The molecule has 35 heavy (non-hydrogen) atoms. The summed E-state index contributed by atoms with van der Waals surface area (Å²) in [6.07, 6.45) is 4.65. The molecule has 0 bridgehead atoms. The van der Waals surface area contributed by atoms with E-state index in [4.69, 9.17) is 15.2 Å². The van der Waals surface area contributed by atoms with E-state index in [1.807, 2.05) is 22.8 Å². The summed E-state index contributed by atoms with van der Waals surface area (Å²) < 4.78 is 41.2. The van der Waals surface area contributed by atoms with Gasteiger partial charge < -0.3 is 19.8 Å². The van der Waals surface area contributed by atoms with Gasteiger partial charge >= 0.3 is 0 Å². The van der Waals surface area contributed by atoms with Crippen LogP contribution in [0.3, 0.4) is 0 Å². The van der Waals surface area contributed by atoms with Crippen molar-refractivity contribution in [3.05, 3.63) is 30.5 Å². The molecule has 188 valence electrons. The van der Waals surface area contributed by atoms with Gasteiger partial charge in [0.15, 0.2) is 0 Å². The molecule has 1 saturated carbocycles. The van der Waals surface area contributed by atoms with Crippen molar-refractivity contribution in [1.82, 2.24) is 19.3 Å². The van der Waals surface area contributed by atoms with Gasteiger partial charge in [0.2, 0.25) is 21.9 Å². The van der Waals surface area contributed by atoms with E-state index in [1.54, 1.807) is 33.0 Å². The molecule has 3 N–H and O–H groups in total. The lowest BCUT2D eigenvalue weighted by Crippen LogP contribution is -2.40. The van der Waals surface area contributed by atoms with Crippen LogP contribution in [0.2, 0.25) is 0 Å². The molecule has 4 rings (SSSR count). The molecule has 3 aromatic rings. The van der Waals surface area contributed by atoms with Crippen molar-refractivity contribution in [2.45, 2.75) is 69.0 Å². The third kappa shape index (κ3) is 5.25. The number of hydrogen-bond donors (Lipinski definition) is 2. The predicted octanol–water partition coefficient (Wildman–Crippen LogP) is 3.42. The number of nitrogens with two attached hydrogens (primary N) is 1. The summed E-state index contributed by atoms with van der Waals surface area (Å²) in [6, 6.07) is 7.37. The number of nitrogens with zero attached hydrogens (tertiary/aromatic N) is 3. The second-order valence-electron chi connectivity index (χ2n) is 9.79. The minimum absolute atomic E-state index is 0.0233. The van der Waals surface area contributed by atoms with Crippen LogP contribution in [0.15, 0.2) is 35.4 Å². The number of carbonyl (C=O) groups excluding carboxylic acids is 1. The Bertz CT molecular complexity index is 1340. The maximum absolute atomic E-state index is 13.1. The van der Waals surface area contributed by atoms with Gasteiger partial charge in [-0.1, -0.05) is 6.07 Å². The van der Waals surface area contributed by atoms with Crippen molar-refractivity contribution in [3.63, 3.8) is 0 Å². The van der Waals surface area contributed by atoms with Crippen molar-refractivity contribution in [2.75, 3.05) is 12.8 Å². The maximum Gasteiger partial charge on any atom is 0.293 e. The van der Waals surface area contributed by atoms with Gasteiger partial charge in [0.05, 0.1) is 18.1 Å². The van der Waals surface area contributed by atoms with Gasteiger partial charge in [-0.25, -0.2) is 23.1 Å². The molecule has 1 aliphatic rings. The number of sulfonamides is 1. The van der Waals surface area contributed by atoms with Gasteiger partial charge in [-0.2, -0.15) is 0 Å². The van der Waals surface area contributed by atoms with E-state index in [1.165, 1.54) is 7.11 Å². The van der Waals surface area contributed by atoms with Crippen molar-refractivity contribution in [3.8, 4) is 17.0 Å². The Labute approximate surface area is 204 Å². The molecule has 0 saturated heterocycles. The topological polar surface area (TPSA) is 138 Å². The number of hydrogen-bond acceptors (Lipinski definition) is 8. The second kappa shape index (κ2) is 9.46. The fourth-order valence-corrected chi connectivity index (χ4v) is 6.15. The quantitative estimate of drug-likeness (QED) is 0.470. The van der Waals surface area contributed by atoms with Crippen LogP contribution < -0.4 is 15.2 Å². The molecule has 0 radical (unpaired) electrons. The van der Waals surface area contributed by atoms with Crippen LogP contribution in [0, 0.1) is 0 Å². The number of rotatable bonds is 7. The molecule has 0 spiro atoms. The summed E-state index contributed by atoms with van der Waals surface area (Å²) in [7, 11) is -2.49. The number of carbonyl (C=O) groups is 1. The van der Waals surface area contributed by atoms with Crippen molar-refractivity contribution < 1.29 is 22.7 Å². The number of nitrogen functional groups attached to an aromatic ring is 1. The van der Waals surface area contributed by atoms with Gasteiger partial charge in [-0.15, -0.1) is 0 Å². The van der Waals surface area contributed by atoms with Crippen LogP contribution in [0.4, 0.5) is 5.95 Å². The van der Waals surface area contributed by atoms with E-state index in [-0.39, 0.29) is 22.9 Å². The van der Waals surface area contributed by atoms with Crippen LogP contribution in [0.25, 0.3) is 22.2 Å². The van der Waals surface area contributed by atoms with Crippen LogP contribution in [0.5, 0.6) is 5.88 Å².